The standard InChI is InChI=1S/C23H25FN4O3/c1-16-7-8-17(12-19(16)24)21(29)28-11-5-9-23(15-28)13-20(26-31-23)22(30)27(2)14-18-6-3-4-10-25-18/h3-4,6-8,10,12H,5,9,11,13-15H2,1-2H3/t23-/m0/s1. The van der Waals surface area contributed by atoms with Crippen molar-refractivity contribution in [2.45, 2.75) is 38.3 Å². The summed E-state index contributed by atoms with van der Waals surface area (Å²) in [5.74, 6) is -0.859. The number of hydrogen-bond acceptors (Lipinski definition) is 5. The first-order valence-electron chi connectivity index (χ1n) is 10.3. The molecule has 8 heteroatoms. The maximum atomic E-state index is 13.9. The van der Waals surface area contributed by atoms with E-state index in [9.17, 15) is 14.0 Å². The molecule has 2 amide bonds. The lowest BCUT2D eigenvalue weighted by atomic mass is 9.87. The van der Waals surface area contributed by atoms with Gasteiger partial charge < -0.3 is 14.6 Å². The topological polar surface area (TPSA) is 75.1 Å². The molecule has 0 aliphatic carbocycles. The predicted molar refractivity (Wildman–Crippen MR) is 113 cm³/mol. The molecule has 1 aromatic heterocycles. The Balaban J connectivity index is 1.41. The van der Waals surface area contributed by atoms with Crippen molar-refractivity contribution in [1.29, 1.82) is 0 Å². The number of amides is 2. The first-order valence-corrected chi connectivity index (χ1v) is 10.3. The zero-order valence-corrected chi connectivity index (χ0v) is 17.7. The van der Waals surface area contributed by atoms with Crippen LogP contribution in [0.5, 0.6) is 0 Å². The highest BCUT2D eigenvalue weighted by molar-refractivity contribution is 6.39. The summed E-state index contributed by atoms with van der Waals surface area (Å²) in [6.45, 7) is 2.90. The van der Waals surface area contributed by atoms with Crippen molar-refractivity contribution < 1.29 is 18.8 Å². The van der Waals surface area contributed by atoms with Crippen LogP contribution >= 0.6 is 0 Å². The van der Waals surface area contributed by atoms with E-state index in [4.69, 9.17) is 4.84 Å². The molecule has 162 valence electrons. The largest absolute Gasteiger partial charge is 0.386 e. The van der Waals surface area contributed by atoms with Gasteiger partial charge in [0, 0.05) is 31.8 Å². The number of nitrogens with zero attached hydrogens (tertiary/aromatic N) is 4. The van der Waals surface area contributed by atoms with E-state index in [2.05, 4.69) is 10.1 Å². The minimum atomic E-state index is -0.714. The van der Waals surface area contributed by atoms with Crippen LogP contribution in [-0.2, 0) is 16.2 Å². The normalized spacial score (nSPS) is 20.4. The van der Waals surface area contributed by atoms with Gasteiger partial charge >= 0.3 is 0 Å². The fraction of sp³-hybridized carbons (Fsp3) is 0.391. The first-order chi connectivity index (χ1) is 14.9. The molecule has 1 fully saturated rings. The summed E-state index contributed by atoms with van der Waals surface area (Å²) in [6.07, 6.45) is 3.45. The number of pyridine rings is 1. The number of halogens is 1. The number of carbonyl (C=O) groups is 2. The molecular formula is C23H25FN4O3. The Morgan fingerprint density at radius 3 is 2.87 bits per heavy atom. The van der Waals surface area contributed by atoms with Crippen LogP contribution in [0.1, 0.15) is 40.9 Å². The maximum Gasteiger partial charge on any atom is 0.271 e. The number of aromatic nitrogens is 1. The summed E-state index contributed by atoms with van der Waals surface area (Å²) in [7, 11) is 1.70. The van der Waals surface area contributed by atoms with Gasteiger partial charge in [0.2, 0.25) is 0 Å². The van der Waals surface area contributed by atoms with Crippen LogP contribution in [0.2, 0.25) is 0 Å². The molecule has 1 spiro atoms. The van der Waals surface area contributed by atoms with Gasteiger partial charge in [-0.3, -0.25) is 14.6 Å². The molecule has 0 bridgehead atoms. The van der Waals surface area contributed by atoms with Crippen LogP contribution in [0, 0.1) is 12.7 Å². The Morgan fingerprint density at radius 1 is 1.29 bits per heavy atom. The third-order valence-corrected chi connectivity index (χ3v) is 5.80. The molecule has 4 rings (SSSR count). The summed E-state index contributed by atoms with van der Waals surface area (Å²) in [5, 5.41) is 4.07. The van der Waals surface area contributed by atoms with Gasteiger partial charge in [0.1, 0.15) is 11.5 Å². The summed E-state index contributed by atoms with van der Waals surface area (Å²) >= 11 is 0. The fourth-order valence-corrected chi connectivity index (χ4v) is 4.06. The number of piperidine rings is 1. The summed E-state index contributed by atoms with van der Waals surface area (Å²) in [4.78, 5) is 39.0. The molecular weight excluding hydrogens is 399 g/mol. The monoisotopic (exact) mass is 424 g/mol. The molecule has 0 N–H and O–H groups in total. The number of hydrogen-bond donors (Lipinski definition) is 0. The molecule has 7 nitrogen and oxygen atoms in total. The van der Waals surface area contributed by atoms with Crippen molar-refractivity contribution >= 4 is 17.5 Å². The van der Waals surface area contributed by atoms with Crippen molar-refractivity contribution in [2.24, 2.45) is 5.16 Å². The lowest BCUT2D eigenvalue weighted by molar-refractivity contribution is -0.123. The molecule has 0 radical (unpaired) electrons. The third-order valence-electron chi connectivity index (χ3n) is 5.80. The third kappa shape index (κ3) is 4.42. The van der Waals surface area contributed by atoms with E-state index < -0.39 is 11.4 Å². The van der Waals surface area contributed by atoms with Gasteiger partial charge in [-0.25, -0.2) is 4.39 Å². The number of rotatable bonds is 4. The van der Waals surface area contributed by atoms with E-state index in [1.165, 1.54) is 6.07 Å². The lowest BCUT2D eigenvalue weighted by Crippen LogP contribution is -2.51. The van der Waals surface area contributed by atoms with Gasteiger partial charge in [-0.1, -0.05) is 17.3 Å². The number of aryl methyl sites for hydroxylation is 1. The minimum absolute atomic E-state index is 0.216. The Labute approximate surface area is 180 Å². The van der Waals surface area contributed by atoms with Crippen LogP contribution in [0.4, 0.5) is 4.39 Å². The molecule has 2 aliphatic heterocycles. The second kappa shape index (κ2) is 8.45. The highest BCUT2D eigenvalue weighted by Gasteiger charge is 2.46. The van der Waals surface area contributed by atoms with Crippen LogP contribution in [0.3, 0.4) is 0 Å². The van der Waals surface area contributed by atoms with Crippen LogP contribution in [0.25, 0.3) is 0 Å². The van der Waals surface area contributed by atoms with Crippen molar-refractivity contribution in [2.75, 3.05) is 20.1 Å². The second-order valence-electron chi connectivity index (χ2n) is 8.27. The second-order valence-corrected chi connectivity index (χ2v) is 8.27. The zero-order chi connectivity index (χ0) is 22.0. The molecule has 2 aliphatic rings. The van der Waals surface area contributed by atoms with Crippen LogP contribution in [0.15, 0.2) is 47.8 Å². The minimum Gasteiger partial charge on any atom is -0.386 e. The highest BCUT2D eigenvalue weighted by Crippen LogP contribution is 2.34. The summed E-state index contributed by atoms with van der Waals surface area (Å²) in [5.41, 5.74) is 1.22. The molecule has 0 unspecified atom stereocenters. The van der Waals surface area contributed by atoms with Gasteiger partial charge in [-0.15, -0.1) is 0 Å². The fourth-order valence-electron chi connectivity index (χ4n) is 4.06. The summed E-state index contributed by atoms with van der Waals surface area (Å²) < 4.78 is 13.9. The zero-order valence-electron chi connectivity index (χ0n) is 17.7. The number of oxime groups is 1. The van der Waals surface area contributed by atoms with E-state index >= 15 is 0 Å². The number of carbonyl (C=O) groups excluding carboxylic acids is 2. The Bertz CT molecular complexity index is 1030. The van der Waals surface area contributed by atoms with Crippen molar-refractivity contribution in [3.05, 3.63) is 65.2 Å². The number of benzene rings is 1. The molecule has 2 aromatic rings. The van der Waals surface area contributed by atoms with E-state index in [0.29, 0.717) is 49.3 Å². The average Bonchev–Trinajstić information content (AvgIpc) is 3.18. The Kier molecular flexibility index (Phi) is 5.71. The first kappa shape index (κ1) is 21.0. The SMILES string of the molecule is Cc1ccc(C(=O)N2CCC[C@]3(CC(C(=O)N(C)Cc4ccccn4)=NO3)C2)cc1F. The smallest absolute Gasteiger partial charge is 0.271 e. The van der Waals surface area contributed by atoms with E-state index in [1.807, 2.05) is 18.2 Å². The van der Waals surface area contributed by atoms with Crippen molar-refractivity contribution in [3.63, 3.8) is 0 Å². The molecule has 1 atom stereocenters. The molecule has 1 saturated heterocycles. The van der Waals surface area contributed by atoms with E-state index in [-0.39, 0.29) is 11.8 Å². The van der Waals surface area contributed by atoms with Crippen molar-refractivity contribution in [1.82, 2.24) is 14.8 Å². The molecule has 3 heterocycles. The van der Waals surface area contributed by atoms with E-state index in [1.54, 1.807) is 42.1 Å². The summed E-state index contributed by atoms with van der Waals surface area (Å²) in [6, 6.07) is 10.1. The maximum absolute atomic E-state index is 13.9. The quantitative estimate of drug-likeness (QED) is 0.756. The van der Waals surface area contributed by atoms with Gasteiger partial charge in [0.05, 0.1) is 18.8 Å². The molecule has 31 heavy (non-hydrogen) atoms. The van der Waals surface area contributed by atoms with E-state index in [0.717, 1.165) is 12.1 Å². The predicted octanol–water partition coefficient (Wildman–Crippen LogP) is 2.94. The van der Waals surface area contributed by atoms with Crippen LogP contribution in [-0.4, -0.2) is 58.0 Å². The Hall–Kier alpha value is -3.29. The molecule has 0 saturated carbocycles. The lowest BCUT2D eigenvalue weighted by Gasteiger charge is -2.38. The van der Waals surface area contributed by atoms with Gasteiger partial charge in [0.15, 0.2) is 5.60 Å². The molecule has 1 aromatic carbocycles. The van der Waals surface area contributed by atoms with Crippen LogP contribution < -0.4 is 0 Å². The van der Waals surface area contributed by atoms with Gasteiger partial charge in [-0.05, 0) is 49.6 Å². The highest BCUT2D eigenvalue weighted by atomic mass is 19.1. The van der Waals surface area contributed by atoms with Gasteiger partial charge in [-0.2, -0.15) is 0 Å². The Morgan fingerprint density at radius 2 is 2.13 bits per heavy atom. The van der Waals surface area contributed by atoms with Crippen molar-refractivity contribution in [3.8, 4) is 0 Å². The number of likely N-dealkylation sites (tertiary alicyclic amines) is 1. The average molecular weight is 424 g/mol. The van der Waals surface area contributed by atoms with Gasteiger partial charge in [0.25, 0.3) is 11.8 Å².